The van der Waals surface area contributed by atoms with Gasteiger partial charge in [0.1, 0.15) is 5.82 Å². The van der Waals surface area contributed by atoms with Crippen LogP contribution in [0.4, 0.5) is 19.0 Å². The summed E-state index contributed by atoms with van der Waals surface area (Å²) in [6.07, 6.45) is -3.16. The van der Waals surface area contributed by atoms with Gasteiger partial charge in [-0.2, -0.15) is 13.2 Å². The fourth-order valence-electron chi connectivity index (χ4n) is 4.16. The lowest BCUT2D eigenvalue weighted by Gasteiger charge is -2.33. The van der Waals surface area contributed by atoms with Crippen LogP contribution in [-0.2, 0) is 19.1 Å². The lowest BCUT2D eigenvalue weighted by Crippen LogP contribution is -2.44. The standard InChI is InChI=1S/C28H26ClF3N4O/c1-35-9-11-36(12-10-35)18-22-7-5-20(15-25(22)28(30,31)32)16-26(37)23-13-19(14-24(29)17-23)4-6-21-3-2-8-34-27(21)33/h2-3,5,7-8,13-15,17H,9-12,16,18H2,1H3,(H2,33,34). The number of hydrogen-bond acceptors (Lipinski definition) is 5. The fourth-order valence-corrected chi connectivity index (χ4v) is 4.39. The second kappa shape index (κ2) is 11.3. The van der Waals surface area contributed by atoms with E-state index in [1.165, 1.54) is 12.1 Å². The van der Waals surface area contributed by atoms with Crippen LogP contribution in [0.5, 0.6) is 0 Å². The van der Waals surface area contributed by atoms with E-state index in [0.29, 0.717) is 29.2 Å². The molecule has 0 amide bonds. The number of nitrogen functional groups attached to an aromatic ring is 1. The number of pyridine rings is 1. The number of halogens is 4. The lowest BCUT2D eigenvalue weighted by atomic mass is 9.97. The monoisotopic (exact) mass is 526 g/mol. The summed E-state index contributed by atoms with van der Waals surface area (Å²) in [4.78, 5) is 21.2. The summed E-state index contributed by atoms with van der Waals surface area (Å²) in [7, 11) is 2.00. The summed E-state index contributed by atoms with van der Waals surface area (Å²) in [6.45, 7) is 3.27. The summed E-state index contributed by atoms with van der Waals surface area (Å²) in [5, 5.41) is 0.299. The molecule has 0 radical (unpaired) electrons. The van der Waals surface area contributed by atoms with Gasteiger partial charge in [-0.05, 0) is 54.6 Å². The van der Waals surface area contributed by atoms with E-state index in [-0.39, 0.29) is 41.3 Å². The van der Waals surface area contributed by atoms with Gasteiger partial charge in [0.05, 0.1) is 11.1 Å². The van der Waals surface area contributed by atoms with Gasteiger partial charge >= 0.3 is 6.18 Å². The second-order valence-corrected chi connectivity index (χ2v) is 9.52. The molecule has 9 heteroatoms. The molecule has 0 saturated carbocycles. The number of carbonyl (C=O) groups excluding carboxylic acids is 1. The average Bonchev–Trinajstić information content (AvgIpc) is 2.85. The second-order valence-electron chi connectivity index (χ2n) is 9.08. The molecular formula is C28H26ClF3N4O. The Bertz CT molecular complexity index is 1360. The maximum Gasteiger partial charge on any atom is 0.416 e. The van der Waals surface area contributed by atoms with E-state index in [4.69, 9.17) is 17.3 Å². The molecule has 0 atom stereocenters. The Kier molecular flexibility index (Phi) is 8.18. The molecule has 2 N–H and O–H groups in total. The maximum atomic E-state index is 13.9. The summed E-state index contributed by atoms with van der Waals surface area (Å²) in [6, 6.07) is 12.2. The van der Waals surface area contributed by atoms with Gasteiger partial charge < -0.3 is 10.6 Å². The van der Waals surface area contributed by atoms with Crippen molar-refractivity contribution in [3.8, 4) is 11.8 Å². The first-order valence-electron chi connectivity index (χ1n) is 11.7. The molecule has 1 aliphatic heterocycles. The molecule has 4 rings (SSSR count). The van der Waals surface area contributed by atoms with E-state index in [9.17, 15) is 18.0 Å². The first kappa shape index (κ1) is 26.7. The van der Waals surface area contributed by atoms with Crippen LogP contribution in [0.3, 0.4) is 0 Å². The largest absolute Gasteiger partial charge is 0.416 e. The minimum Gasteiger partial charge on any atom is -0.383 e. The molecule has 1 fully saturated rings. The van der Waals surface area contributed by atoms with Gasteiger partial charge in [-0.3, -0.25) is 9.69 Å². The predicted molar refractivity (Wildman–Crippen MR) is 138 cm³/mol. The Labute approximate surface area is 219 Å². The van der Waals surface area contributed by atoms with Crippen molar-refractivity contribution >= 4 is 23.2 Å². The summed E-state index contributed by atoms with van der Waals surface area (Å²) in [5.74, 6) is 5.74. The number of nitrogens with two attached hydrogens (primary N) is 1. The molecule has 3 aromatic rings. The number of hydrogen-bond donors (Lipinski definition) is 1. The smallest absolute Gasteiger partial charge is 0.383 e. The van der Waals surface area contributed by atoms with Gasteiger partial charge in [0.15, 0.2) is 5.78 Å². The maximum absolute atomic E-state index is 13.9. The minimum atomic E-state index is -4.52. The highest BCUT2D eigenvalue weighted by atomic mass is 35.5. The van der Waals surface area contributed by atoms with Gasteiger partial charge in [-0.1, -0.05) is 35.6 Å². The van der Waals surface area contributed by atoms with Gasteiger partial charge in [0, 0.05) is 61.5 Å². The Morgan fingerprint density at radius 3 is 2.54 bits per heavy atom. The van der Waals surface area contributed by atoms with Crippen LogP contribution in [0.15, 0.2) is 54.7 Å². The zero-order valence-corrected chi connectivity index (χ0v) is 21.0. The van der Waals surface area contributed by atoms with Crippen LogP contribution in [0.25, 0.3) is 0 Å². The fraction of sp³-hybridized carbons (Fsp3) is 0.286. The van der Waals surface area contributed by atoms with E-state index in [2.05, 4.69) is 21.7 Å². The number of aromatic nitrogens is 1. The highest BCUT2D eigenvalue weighted by molar-refractivity contribution is 6.31. The molecule has 192 valence electrons. The summed E-state index contributed by atoms with van der Waals surface area (Å²) >= 11 is 6.20. The zero-order chi connectivity index (χ0) is 26.6. The van der Waals surface area contributed by atoms with Crippen molar-refractivity contribution in [3.63, 3.8) is 0 Å². The molecular weight excluding hydrogens is 501 g/mol. The number of carbonyl (C=O) groups is 1. The lowest BCUT2D eigenvalue weighted by molar-refractivity contribution is -0.138. The van der Waals surface area contributed by atoms with Crippen LogP contribution in [-0.4, -0.2) is 53.8 Å². The molecule has 0 aliphatic carbocycles. The first-order valence-corrected chi connectivity index (χ1v) is 12.1. The Balaban J connectivity index is 1.54. The van der Waals surface area contributed by atoms with Gasteiger partial charge in [0.2, 0.25) is 0 Å². The molecule has 1 aromatic heterocycles. The number of Topliss-reactive ketones (excluding diaryl/α,β-unsaturated/α-hetero) is 1. The van der Waals surface area contributed by atoms with E-state index in [0.717, 1.165) is 19.2 Å². The van der Waals surface area contributed by atoms with Gasteiger partial charge in [-0.25, -0.2) is 4.98 Å². The van der Waals surface area contributed by atoms with E-state index < -0.39 is 11.7 Å². The number of anilines is 1. The Morgan fingerprint density at radius 1 is 1.08 bits per heavy atom. The van der Waals surface area contributed by atoms with Crippen molar-refractivity contribution in [1.29, 1.82) is 0 Å². The van der Waals surface area contributed by atoms with E-state index in [1.54, 1.807) is 36.5 Å². The topological polar surface area (TPSA) is 62.5 Å². The van der Waals surface area contributed by atoms with E-state index >= 15 is 0 Å². The minimum absolute atomic E-state index is 0.194. The number of ketones is 1. The predicted octanol–water partition coefficient (Wildman–Crippen LogP) is 4.91. The molecule has 5 nitrogen and oxygen atoms in total. The number of piperazine rings is 1. The average molecular weight is 527 g/mol. The summed E-state index contributed by atoms with van der Waals surface area (Å²) < 4.78 is 41.7. The van der Waals surface area contributed by atoms with Gasteiger partial charge in [0.25, 0.3) is 0 Å². The summed E-state index contributed by atoms with van der Waals surface area (Å²) in [5.41, 5.74) is 6.89. The van der Waals surface area contributed by atoms with Crippen molar-refractivity contribution in [2.24, 2.45) is 0 Å². The van der Waals surface area contributed by atoms with Crippen molar-refractivity contribution in [2.75, 3.05) is 39.0 Å². The van der Waals surface area contributed by atoms with Gasteiger partial charge in [-0.15, -0.1) is 0 Å². The molecule has 0 unspecified atom stereocenters. The third-order valence-corrected chi connectivity index (χ3v) is 6.45. The highest BCUT2D eigenvalue weighted by Gasteiger charge is 2.34. The number of nitrogens with zero attached hydrogens (tertiary/aromatic N) is 3. The number of benzene rings is 2. The van der Waals surface area contributed by atoms with Crippen molar-refractivity contribution in [3.05, 3.63) is 93.1 Å². The van der Waals surface area contributed by atoms with Crippen molar-refractivity contribution in [2.45, 2.75) is 19.1 Å². The SMILES string of the molecule is CN1CCN(Cc2ccc(CC(=O)c3cc(Cl)cc(C#Cc4cccnc4N)c3)cc2C(F)(F)F)CC1. The van der Waals surface area contributed by atoms with Crippen molar-refractivity contribution < 1.29 is 18.0 Å². The van der Waals surface area contributed by atoms with Crippen LogP contribution >= 0.6 is 11.6 Å². The van der Waals surface area contributed by atoms with Crippen LogP contribution in [0.2, 0.25) is 5.02 Å². The number of likely N-dealkylation sites (N-methyl/N-ethyl adjacent to an activating group) is 1. The molecule has 37 heavy (non-hydrogen) atoms. The zero-order valence-electron chi connectivity index (χ0n) is 20.3. The third-order valence-electron chi connectivity index (χ3n) is 6.23. The number of alkyl halides is 3. The molecule has 1 saturated heterocycles. The normalized spacial score (nSPS) is 14.7. The van der Waals surface area contributed by atoms with Crippen LogP contribution < -0.4 is 5.73 Å². The molecule has 0 spiro atoms. The van der Waals surface area contributed by atoms with Crippen molar-refractivity contribution in [1.82, 2.24) is 14.8 Å². The first-order chi connectivity index (χ1) is 17.6. The molecule has 2 aromatic carbocycles. The van der Waals surface area contributed by atoms with Crippen LogP contribution in [0.1, 0.15) is 38.2 Å². The number of rotatable bonds is 5. The van der Waals surface area contributed by atoms with E-state index in [1.807, 2.05) is 11.9 Å². The Morgan fingerprint density at radius 2 is 1.84 bits per heavy atom. The molecule has 2 heterocycles. The van der Waals surface area contributed by atoms with Crippen LogP contribution in [0, 0.1) is 11.8 Å². The highest BCUT2D eigenvalue weighted by Crippen LogP contribution is 2.34. The Hall–Kier alpha value is -3.38. The third kappa shape index (κ3) is 7.10. The molecule has 0 bridgehead atoms. The molecule has 1 aliphatic rings. The quantitative estimate of drug-likeness (QED) is 0.378.